The molecule has 0 bridgehead atoms. The molecule has 0 aliphatic carbocycles. The molecule has 3 heterocycles. The molecular formula is C32H20ClN5O4. The Bertz CT molecular complexity index is 2250. The van der Waals surface area contributed by atoms with Crippen molar-refractivity contribution in [2.75, 3.05) is 0 Å². The highest BCUT2D eigenvalue weighted by Crippen LogP contribution is 2.29. The second-order valence-corrected chi connectivity index (χ2v) is 10.2. The number of fused-ring (bicyclic) bond motifs is 3. The average molecular weight is 574 g/mol. The lowest BCUT2D eigenvalue weighted by Gasteiger charge is -2.07. The van der Waals surface area contributed by atoms with Crippen LogP contribution in [0.3, 0.4) is 0 Å². The minimum absolute atomic E-state index is 0.0433. The molecule has 0 saturated heterocycles. The van der Waals surface area contributed by atoms with Crippen molar-refractivity contribution < 1.29 is 9.34 Å². The van der Waals surface area contributed by atoms with Gasteiger partial charge in [-0.25, -0.2) is 4.98 Å². The third-order valence-corrected chi connectivity index (χ3v) is 7.32. The molecule has 3 aromatic heterocycles. The van der Waals surface area contributed by atoms with Crippen molar-refractivity contribution in [3.8, 4) is 11.6 Å². The highest BCUT2D eigenvalue weighted by molar-refractivity contribution is 6.31. The lowest BCUT2D eigenvalue weighted by atomic mass is 10.2. The number of nitro benzene ring substituents is 1. The van der Waals surface area contributed by atoms with E-state index in [1.807, 2.05) is 41.1 Å². The number of benzene rings is 4. The van der Waals surface area contributed by atoms with Crippen molar-refractivity contribution in [2.24, 2.45) is 5.10 Å². The molecule has 0 atom stereocenters. The van der Waals surface area contributed by atoms with Gasteiger partial charge in [-0.05, 0) is 48.0 Å². The molecule has 0 amide bonds. The number of furan rings is 1. The standard InChI is InChI=1S/C32H20ClN5O4/c33-23-11-14-29-21(15-23)16-30(42-29)31-35-27-7-3-1-6-26(27)32(39)37(31)34-17-22-19-36(28-8-4-2-5-25(22)28)18-20-9-12-24(13-10-20)38(40)41/h1-17,19H,18H2. The van der Waals surface area contributed by atoms with Crippen molar-refractivity contribution in [1.29, 1.82) is 0 Å². The van der Waals surface area contributed by atoms with Crippen LogP contribution in [-0.2, 0) is 6.54 Å². The zero-order chi connectivity index (χ0) is 28.8. The van der Waals surface area contributed by atoms with Crippen molar-refractivity contribution >= 4 is 56.3 Å². The smallest absolute Gasteiger partial charge is 0.282 e. The van der Waals surface area contributed by atoms with Crippen LogP contribution < -0.4 is 5.56 Å². The third kappa shape index (κ3) is 4.51. The number of nitrogens with zero attached hydrogens (tertiary/aromatic N) is 5. The van der Waals surface area contributed by atoms with E-state index in [9.17, 15) is 14.9 Å². The normalized spacial score (nSPS) is 11.7. The maximum Gasteiger partial charge on any atom is 0.282 e. The van der Waals surface area contributed by atoms with E-state index in [0.717, 1.165) is 27.4 Å². The van der Waals surface area contributed by atoms with Gasteiger partial charge in [-0.15, -0.1) is 0 Å². The largest absolute Gasteiger partial charge is 0.453 e. The number of hydrogen-bond acceptors (Lipinski definition) is 6. The number of non-ortho nitro benzene ring substituents is 1. The predicted octanol–water partition coefficient (Wildman–Crippen LogP) is 7.26. The van der Waals surface area contributed by atoms with Gasteiger partial charge in [-0.2, -0.15) is 9.78 Å². The summed E-state index contributed by atoms with van der Waals surface area (Å²) in [6.45, 7) is 0.497. The fourth-order valence-corrected chi connectivity index (χ4v) is 5.24. The van der Waals surface area contributed by atoms with Gasteiger partial charge in [0.25, 0.3) is 11.2 Å². The molecule has 0 aliphatic rings. The maximum atomic E-state index is 13.7. The Morgan fingerprint density at radius 2 is 1.71 bits per heavy atom. The van der Waals surface area contributed by atoms with Crippen LogP contribution in [0.5, 0.6) is 0 Å². The van der Waals surface area contributed by atoms with Crippen molar-refractivity contribution in [3.63, 3.8) is 0 Å². The van der Waals surface area contributed by atoms with Gasteiger partial charge in [0.2, 0.25) is 5.82 Å². The summed E-state index contributed by atoms with van der Waals surface area (Å²) in [6, 6.07) is 28.5. The minimum Gasteiger partial charge on any atom is -0.453 e. The number of para-hydroxylation sites is 2. The Morgan fingerprint density at radius 1 is 0.952 bits per heavy atom. The third-order valence-electron chi connectivity index (χ3n) is 7.08. The molecule has 204 valence electrons. The van der Waals surface area contributed by atoms with E-state index in [2.05, 4.69) is 5.10 Å². The first-order valence-electron chi connectivity index (χ1n) is 13.0. The molecule has 4 aromatic carbocycles. The van der Waals surface area contributed by atoms with Crippen molar-refractivity contribution in [2.45, 2.75) is 6.54 Å². The minimum atomic E-state index is -0.415. The number of rotatable bonds is 6. The van der Waals surface area contributed by atoms with Crippen molar-refractivity contribution in [1.82, 2.24) is 14.2 Å². The SMILES string of the molecule is O=c1c2ccccc2nc(-c2cc3cc(Cl)ccc3o2)n1N=Cc1cn(Cc2ccc([N+](=O)[O-])cc2)c2ccccc12. The van der Waals surface area contributed by atoms with E-state index < -0.39 is 4.92 Å². The predicted molar refractivity (Wildman–Crippen MR) is 163 cm³/mol. The lowest BCUT2D eigenvalue weighted by Crippen LogP contribution is -2.20. The van der Waals surface area contributed by atoms with Crippen LogP contribution in [0.15, 0.2) is 118 Å². The van der Waals surface area contributed by atoms with Crippen LogP contribution in [0.25, 0.3) is 44.4 Å². The monoisotopic (exact) mass is 573 g/mol. The van der Waals surface area contributed by atoms with Gasteiger partial charge in [-0.1, -0.05) is 54.1 Å². The molecule has 0 radical (unpaired) electrons. The van der Waals surface area contributed by atoms with E-state index >= 15 is 0 Å². The summed E-state index contributed by atoms with van der Waals surface area (Å²) in [5.41, 5.74) is 3.50. The van der Waals surface area contributed by atoms with E-state index in [1.54, 1.807) is 60.8 Å². The van der Waals surface area contributed by atoms with Crippen LogP contribution in [0.1, 0.15) is 11.1 Å². The fraction of sp³-hybridized carbons (Fsp3) is 0.0312. The van der Waals surface area contributed by atoms with Crippen LogP contribution >= 0.6 is 11.6 Å². The number of aromatic nitrogens is 3. The summed E-state index contributed by atoms with van der Waals surface area (Å²) in [5.74, 6) is 0.643. The highest BCUT2D eigenvalue weighted by atomic mass is 35.5. The van der Waals surface area contributed by atoms with Gasteiger partial charge in [0.05, 0.1) is 22.0 Å². The second kappa shape index (κ2) is 10.1. The van der Waals surface area contributed by atoms with Crippen molar-refractivity contribution in [3.05, 3.63) is 140 Å². The van der Waals surface area contributed by atoms with Crippen LogP contribution in [-0.4, -0.2) is 25.4 Å². The Balaban J connectivity index is 1.34. The van der Waals surface area contributed by atoms with E-state index in [1.165, 1.54) is 16.8 Å². The molecule has 0 saturated carbocycles. The number of hydrogen-bond donors (Lipinski definition) is 0. The number of halogens is 1. The molecule has 0 aliphatic heterocycles. The first kappa shape index (κ1) is 25.4. The molecule has 0 N–H and O–H groups in total. The Kier molecular flexibility index (Phi) is 6.14. The Morgan fingerprint density at radius 3 is 2.52 bits per heavy atom. The first-order chi connectivity index (χ1) is 20.4. The molecule has 7 aromatic rings. The van der Waals surface area contributed by atoms with Gasteiger partial charge >= 0.3 is 0 Å². The summed E-state index contributed by atoms with van der Waals surface area (Å²) in [5, 5.41) is 18.4. The van der Waals surface area contributed by atoms with Crippen LogP contribution in [0, 0.1) is 10.1 Å². The average Bonchev–Trinajstić information content (AvgIpc) is 3.58. The Labute approximate surface area is 242 Å². The summed E-state index contributed by atoms with van der Waals surface area (Å²) >= 11 is 6.18. The first-order valence-corrected chi connectivity index (χ1v) is 13.4. The fourth-order valence-electron chi connectivity index (χ4n) is 5.06. The van der Waals surface area contributed by atoms with Crippen LogP contribution in [0.2, 0.25) is 5.02 Å². The van der Waals surface area contributed by atoms with E-state index in [-0.39, 0.29) is 17.1 Å². The second-order valence-electron chi connectivity index (χ2n) is 9.76. The summed E-state index contributed by atoms with van der Waals surface area (Å²) in [6.07, 6.45) is 3.58. The van der Waals surface area contributed by atoms with Crippen LogP contribution in [0.4, 0.5) is 5.69 Å². The van der Waals surface area contributed by atoms with E-state index in [0.29, 0.717) is 33.8 Å². The molecule has 0 fully saturated rings. The van der Waals surface area contributed by atoms with Gasteiger partial charge in [-0.3, -0.25) is 14.9 Å². The van der Waals surface area contributed by atoms with Gasteiger partial charge < -0.3 is 8.98 Å². The lowest BCUT2D eigenvalue weighted by molar-refractivity contribution is -0.384. The molecule has 42 heavy (non-hydrogen) atoms. The highest BCUT2D eigenvalue weighted by Gasteiger charge is 2.17. The zero-order valence-electron chi connectivity index (χ0n) is 21.8. The Hall–Kier alpha value is -5.54. The number of nitro groups is 1. The molecule has 7 rings (SSSR count). The zero-order valence-corrected chi connectivity index (χ0v) is 22.6. The summed E-state index contributed by atoms with van der Waals surface area (Å²) < 4.78 is 9.37. The van der Waals surface area contributed by atoms with Gasteiger partial charge in [0.15, 0.2) is 5.76 Å². The quantitative estimate of drug-likeness (QED) is 0.118. The molecular weight excluding hydrogens is 554 g/mol. The summed E-state index contributed by atoms with van der Waals surface area (Å²) in [4.78, 5) is 29.1. The summed E-state index contributed by atoms with van der Waals surface area (Å²) in [7, 11) is 0. The van der Waals surface area contributed by atoms with Gasteiger partial charge in [0, 0.05) is 51.7 Å². The maximum absolute atomic E-state index is 13.7. The molecule has 0 spiro atoms. The molecule has 9 nitrogen and oxygen atoms in total. The van der Waals surface area contributed by atoms with Gasteiger partial charge in [0.1, 0.15) is 5.58 Å². The van der Waals surface area contributed by atoms with E-state index in [4.69, 9.17) is 21.0 Å². The topological polar surface area (TPSA) is 108 Å². The molecule has 0 unspecified atom stereocenters. The molecule has 10 heteroatoms.